The lowest BCUT2D eigenvalue weighted by Gasteiger charge is -2.29. The van der Waals surface area contributed by atoms with Crippen molar-refractivity contribution >= 4 is 5.57 Å². The quantitative estimate of drug-likeness (QED) is 0.451. The van der Waals surface area contributed by atoms with Crippen LogP contribution < -0.4 is 4.74 Å². The Balaban J connectivity index is 2.14. The summed E-state index contributed by atoms with van der Waals surface area (Å²) in [5.74, 6) is 1.39. The minimum absolute atomic E-state index is 0.247. The van der Waals surface area contributed by atoms with Crippen molar-refractivity contribution in [3.63, 3.8) is 0 Å². The highest BCUT2D eigenvalue weighted by Gasteiger charge is 2.26. The van der Waals surface area contributed by atoms with Crippen molar-refractivity contribution in [3.8, 4) is 5.75 Å². The van der Waals surface area contributed by atoms with Crippen LogP contribution in [-0.4, -0.2) is 11.2 Å². The van der Waals surface area contributed by atoms with Gasteiger partial charge in [-0.3, -0.25) is 0 Å². The van der Waals surface area contributed by atoms with Crippen molar-refractivity contribution in [1.82, 2.24) is 0 Å². The fourth-order valence-electron chi connectivity index (χ4n) is 5.25. The molecule has 2 aromatic carbocycles. The fourth-order valence-corrected chi connectivity index (χ4v) is 5.25. The summed E-state index contributed by atoms with van der Waals surface area (Å²) in [6, 6.07) is 14.7. The van der Waals surface area contributed by atoms with Crippen LogP contribution in [0.25, 0.3) is 5.57 Å². The molecule has 0 radical (unpaired) electrons. The van der Waals surface area contributed by atoms with Gasteiger partial charge in [0.05, 0.1) is 0 Å². The first-order chi connectivity index (χ1) is 15.9. The first-order valence-corrected chi connectivity index (χ1v) is 12.5. The highest BCUT2D eigenvalue weighted by molar-refractivity contribution is 5.78. The van der Waals surface area contributed by atoms with E-state index in [9.17, 15) is 5.11 Å². The zero-order valence-electron chi connectivity index (χ0n) is 22.3. The van der Waals surface area contributed by atoms with Crippen molar-refractivity contribution in [2.75, 3.05) is 0 Å². The molecule has 0 aromatic heterocycles. The summed E-state index contributed by atoms with van der Waals surface area (Å²) >= 11 is 0. The van der Waals surface area contributed by atoms with Crippen molar-refractivity contribution in [1.29, 1.82) is 0 Å². The van der Waals surface area contributed by atoms with E-state index in [1.165, 1.54) is 16.7 Å². The van der Waals surface area contributed by atoms with E-state index in [4.69, 9.17) is 4.74 Å². The Bertz CT molecular complexity index is 1090. The molecule has 0 heterocycles. The molecule has 34 heavy (non-hydrogen) atoms. The third-order valence-electron chi connectivity index (χ3n) is 6.40. The van der Waals surface area contributed by atoms with Crippen LogP contribution in [0.15, 0.2) is 71.3 Å². The van der Waals surface area contributed by atoms with Crippen LogP contribution >= 0.6 is 0 Å². The molecule has 0 spiro atoms. The Kier molecular flexibility index (Phi) is 8.25. The SMILES string of the molecule is CC1=C/C(=C(\CC(C)CC(C)(C)C)c2cc(C)cc(C)c2OCc2ccccc2)C(O)C(C)=C1. The maximum absolute atomic E-state index is 11.3. The molecule has 2 aromatic rings. The second-order valence-corrected chi connectivity index (χ2v) is 11.4. The number of aliphatic hydroxyl groups excluding tert-OH is 1. The summed E-state index contributed by atoms with van der Waals surface area (Å²) in [6.45, 7) is 18.1. The van der Waals surface area contributed by atoms with Gasteiger partial charge in [0.2, 0.25) is 0 Å². The third-order valence-corrected chi connectivity index (χ3v) is 6.40. The summed E-state index contributed by atoms with van der Waals surface area (Å²) in [4.78, 5) is 0. The second kappa shape index (κ2) is 10.8. The van der Waals surface area contributed by atoms with E-state index in [2.05, 4.69) is 84.9 Å². The molecule has 3 rings (SSSR count). The van der Waals surface area contributed by atoms with Crippen molar-refractivity contribution in [2.24, 2.45) is 11.3 Å². The number of hydrogen-bond donors (Lipinski definition) is 1. The topological polar surface area (TPSA) is 29.5 Å². The highest BCUT2D eigenvalue weighted by atomic mass is 16.5. The average molecular weight is 459 g/mol. The van der Waals surface area contributed by atoms with Crippen LogP contribution in [0.2, 0.25) is 0 Å². The molecule has 1 N–H and O–H groups in total. The molecule has 0 aliphatic heterocycles. The molecule has 2 heteroatoms. The molecule has 1 aliphatic rings. The van der Waals surface area contributed by atoms with Gasteiger partial charge >= 0.3 is 0 Å². The number of aryl methyl sites for hydroxylation is 2. The first-order valence-electron chi connectivity index (χ1n) is 12.5. The van der Waals surface area contributed by atoms with Gasteiger partial charge in [0.25, 0.3) is 0 Å². The lowest BCUT2D eigenvalue weighted by Crippen LogP contribution is -2.18. The average Bonchev–Trinajstić information content (AvgIpc) is 2.73. The van der Waals surface area contributed by atoms with Gasteiger partial charge in [-0.15, -0.1) is 0 Å². The van der Waals surface area contributed by atoms with Crippen molar-refractivity contribution < 1.29 is 9.84 Å². The van der Waals surface area contributed by atoms with Crippen LogP contribution in [0.4, 0.5) is 0 Å². The summed E-state index contributed by atoms with van der Waals surface area (Å²) in [6.07, 6.45) is 5.66. The van der Waals surface area contributed by atoms with Gasteiger partial charge in [0.15, 0.2) is 0 Å². The highest BCUT2D eigenvalue weighted by Crippen LogP contribution is 2.41. The van der Waals surface area contributed by atoms with Gasteiger partial charge in [-0.2, -0.15) is 0 Å². The summed E-state index contributed by atoms with van der Waals surface area (Å²) in [7, 11) is 0. The third kappa shape index (κ3) is 6.73. The van der Waals surface area contributed by atoms with Gasteiger partial charge in [-0.25, -0.2) is 0 Å². The van der Waals surface area contributed by atoms with E-state index >= 15 is 0 Å². The first kappa shape index (κ1) is 26.0. The fraction of sp³-hybridized carbons (Fsp3) is 0.438. The Morgan fingerprint density at radius 1 is 1.00 bits per heavy atom. The molecule has 0 bridgehead atoms. The molecular formula is C32H42O2. The molecule has 0 fully saturated rings. The predicted molar refractivity (Wildman–Crippen MR) is 145 cm³/mol. The normalized spacial score (nSPS) is 18.8. The molecule has 0 saturated heterocycles. The Morgan fingerprint density at radius 3 is 2.32 bits per heavy atom. The van der Waals surface area contributed by atoms with Gasteiger partial charge in [-0.05, 0) is 91.3 Å². The van der Waals surface area contributed by atoms with Gasteiger partial charge in [0, 0.05) is 5.56 Å². The molecule has 2 atom stereocenters. The summed E-state index contributed by atoms with van der Waals surface area (Å²) < 4.78 is 6.50. The molecule has 0 amide bonds. The number of aliphatic hydroxyl groups is 1. The Labute approximate surface area is 207 Å². The predicted octanol–water partition coefficient (Wildman–Crippen LogP) is 8.37. The molecular weight excluding hydrogens is 416 g/mol. The smallest absolute Gasteiger partial charge is 0.130 e. The van der Waals surface area contributed by atoms with Crippen molar-refractivity contribution in [3.05, 3.63) is 93.6 Å². The molecule has 2 unspecified atom stereocenters. The zero-order chi connectivity index (χ0) is 25.0. The number of benzene rings is 2. The van der Waals surface area contributed by atoms with Crippen LogP contribution in [0, 0.1) is 25.2 Å². The summed E-state index contributed by atoms with van der Waals surface area (Å²) in [5, 5.41) is 11.3. The van der Waals surface area contributed by atoms with Crippen LogP contribution in [0.1, 0.15) is 76.6 Å². The molecule has 1 aliphatic carbocycles. The van der Waals surface area contributed by atoms with Gasteiger partial charge < -0.3 is 9.84 Å². The van der Waals surface area contributed by atoms with Crippen LogP contribution in [0.3, 0.4) is 0 Å². The van der Waals surface area contributed by atoms with Crippen LogP contribution in [-0.2, 0) is 6.61 Å². The number of allylic oxidation sites excluding steroid dienone is 3. The maximum atomic E-state index is 11.3. The monoisotopic (exact) mass is 458 g/mol. The lowest BCUT2D eigenvalue weighted by molar-refractivity contribution is 0.249. The number of hydrogen-bond acceptors (Lipinski definition) is 2. The van der Waals surface area contributed by atoms with E-state index in [1.807, 2.05) is 25.1 Å². The minimum Gasteiger partial charge on any atom is -0.488 e. The minimum atomic E-state index is -0.594. The van der Waals surface area contributed by atoms with E-state index in [1.54, 1.807) is 0 Å². The maximum Gasteiger partial charge on any atom is 0.130 e. The standard InChI is InChI=1S/C32H42O2/c1-21-14-24(4)30(33)28(16-21)27(18-23(3)19-32(6,7)8)29-17-22(2)15-25(5)31(29)34-20-26-12-10-9-11-13-26/h9-17,23,30,33H,18-20H2,1-8H3/b28-27-. The molecule has 2 nitrogen and oxygen atoms in total. The van der Waals surface area contributed by atoms with E-state index < -0.39 is 6.10 Å². The Hall–Kier alpha value is -2.58. The second-order valence-electron chi connectivity index (χ2n) is 11.4. The van der Waals surface area contributed by atoms with E-state index in [0.29, 0.717) is 12.5 Å². The van der Waals surface area contributed by atoms with Crippen LogP contribution in [0.5, 0.6) is 5.75 Å². The molecule has 182 valence electrons. The van der Waals surface area contributed by atoms with E-state index in [-0.39, 0.29) is 5.41 Å². The van der Waals surface area contributed by atoms with Gasteiger partial charge in [0.1, 0.15) is 18.5 Å². The zero-order valence-corrected chi connectivity index (χ0v) is 22.3. The number of ether oxygens (including phenoxy) is 1. The summed E-state index contributed by atoms with van der Waals surface area (Å²) in [5.41, 5.74) is 9.22. The number of rotatable bonds is 7. The van der Waals surface area contributed by atoms with Gasteiger partial charge in [-0.1, -0.05) is 81.8 Å². The van der Waals surface area contributed by atoms with E-state index in [0.717, 1.165) is 46.4 Å². The largest absolute Gasteiger partial charge is 0.488 e. The molecule has 0 saturated carbocycles. The lowest BCUT2D eigenvalue weighted by atomic mass is 9.78. The Morgan fingerprint density at radius 2 is 1.68 bits per heavy atom. The van der Waals surface area contributed by atoms with Crippen molar-refractivity contribution in [2.45, 2.75) is 80.9 Å².